The summed E-state index contributed by atoms with van der Waals surface area (Å²) in [4.78, 5) is 0. The van der Waals surface area contributed by atoms with E-state index in [0.29, 0.717) is 12.2 Å². The van der Waals surface area contributed by atoms with Crippen molar-refractivity contribution in [3.05, 3.63) is 76.9 Å². The molecule has 4 rings (SSSR count). The lowest BCUT2D eigenvalue weighted by Gasteiger charge is -2.37. The van der Waals surface area contributed by atoms with Gasteiger partial charge in [-0.2, -0.15) is 4.39 Å². The molecule has 0 heterocycles. The van der Waals surface area contributed by atoms with Gasteiger partial charge in [0.2, 0.25) is 5.82 Å². The van der Waals surface area contributed by atoms with Gasteiger partial charge in [0.15, 0.2) is 11.6 Å². The molecule has 0 aromatic heterocycles. The molecule has 2 aromatic carbocycles. The second-order valence-corrected chi connectivity index (χ2v) is 12.5. The molecular weight excluding hydrogens is 498 g/mol. The van der Waals surface area contributed by atoms with Crippen LogP contribution >= 0.6 is 0 Å². The molecule has 1 nitrogen and oxygen atoms in total. The third-order valence-corrected chi connectivity index (χ3v) is 9.63. The maximum absolute atomic E-state index is 14.9. The summed E-state index contributed by atoms with van der Waals surface area (Å²) in [7, 11) is 0. The van der Waals surface area contributed by atoms with Crippen LogP contribution in [0.1, 0.15) is 126 Å². The number of halogens is 2. The highest BCUT2D eigenvalue weighted by Crippen LogP contribution is 2.45. The SMILES string of the molecule is CCCCCc1ccc(CC/C=C/C2CCC(C3CCC(c4ccc(OCCCC)c(F)c4F)CC3)CC2)cc1. The van der Waals surface area contributed by atoms with E-state index in [1.165, 1.54) is 62.5 Å². The van der Waals surface area contributed by atoms with E-state index in [9.17, 15) is 8.78 Å². The Labute approximate surface area is 242 Å². The number of hydrogen-bond donors (Lipinski definition) is 0. The van der Waals surface area contributed by atoms with Gasteiger partial charge >= 0.3 is 0 Å². The average Bonchev–Trinajstić information content (AvgIpc) is 2.99. The summed E-state index contributed by atoms with van der Waals surface area (Å²) in [6.07, 6.45) is 23.5. The number of allylic oxidation sites excluding steroid dienone is 2. The van der Waals surface area contributed by atoms with E-state index in [-0.39, 0.29) is 11.7 Å². The lowest BCUT2D eigenvalue weighted by atomic mass is 9.68. The third kappa shape index (κ3) is 8.92. The zero-order valence-electron chi connectivity index (χ0n) is 25.1. The molecule has 2 aromatic rings. The van der Waals surface area contributed by atoms with Crippen LogP contribution in [-0.2, 0) is 12.8 Å². The lowest BCUT2D eigenvalue weighted by molar-refractivity contribution is 0.170. The van der Waals surface area contributed by atoms with Crippen molar-refractivity contribution in [2.45, 2.75) is 122 Å². The van der Waals surface area contributed by atoms with E-state index in [2.05, 4.69) is 50.3 Å². The van der Waals surface area contributed by atoms with Crippen LogP contribution in [0.5, 0.6) is 5.75 Å². The Balaban J connectivity index is 1.15. The van der Waals surface area contributed by atoms with Crippen LogP contribution in [0.3, 0.4) is 0 Å². The van der Waals surface area contributed by atoms with Crippen molar-refractivity contribution in [1.29, 1.82) is 0 Å². The Morgan fingerprint density at radius 3 is 1.98 bits per heavy atom. The molecule has 0 unspecified atom stereocenters. The van der Waals surface area contributed by atoms with Crippen LogP contribution in [0.2, 0.25) is 0 Å². The largest absolute Gasteiger partial charge is 0.490 e. The molecule has 2 aliphatic carbocycles. The quantitative estimate of drug-likeness (QED) is 0.168. The predicted octanol–water partition coefficient (Wildman–Crippen LogP) is 11.1. The number of rotatable bonds is 14. The smallest absolute Gasteiger partial charge is 0.200 e. The van der Waals surface area contributed by atoms with E-state index >= 15 is 0 Å². The van der Waals surface area contributed by atoms with Gasteiger partial charge in [-0.1, -0.05) is 75.6 Å². The maximum Gasteiger partial charge on any atom is 0.200 e. The normalized spacial score (nSPS) is 23.5. The summed E-state index contributed by atoms with van der Waals surface area (Å²) in [5.41, 5.74) is 3.47. The van der Waals surface area contributed by atoms with E-state index in [4.69, 9.17) is 4.74 Å². The Bertz CT molecular complexity index is 1030. The molecule has 0 atom stereocenters. The monoisotopic (exact) mass is 550 g/mol. The van der Waals surface area contributed by atoms with Crippen molar-refractivity contribution >= 4 is 0 Å². The van der Waals surface area contributed by atoms with E-state index in [1.54, 1.807) is 12.1 Å². The third-order valence-electron chi connectivity index (χ3n) is 9.63. The Morgan fingerprint density at radius 1 is 0.700 bits per heavy atom. The molecule has 40 heavy (non-hydrogen) atoms. The van der Waals surface area contributed by atoms with Crippen molar-refractivity contribution in [2.24, 2.45) is 17.8 Å². The fourth-order valence-corrected chi connectivity index (χ4v) is 7.00. The van der Waals surface area contributed by atoms with Gasteiger partial charge in [0.05, 0.1) is 6.61 Å². The molecule has 3 heteroatoms. The van der Waals surface area contributed by atoms with E-state index in [1.807, 2.05) is 0 Å². The number of unbranched alkanes of at least 4 members (excludes halogenated alkanes) is 3. The van der Waals surface area contributed by atoms with Crippen LogP contribution in [0.25, 0.3) is 0 Å². The predicted molar refractivity (Wildman–Crippen MR) is 164 cm³/mol. The lowest BCUT2D eigenvalue weighted by Crippen LogP contribution is -2.25. The summed E-state index contributed by atoms with van der Waals surface area (Å²) in [5, 5.41) is 0. The van der Waals surface area contributed by atoms with Crippen LogP contribution in [0.15, 0.2) is 48.6 Å². The highest BCUT2D eigenvalue weighted by Gasteiger charge is 2.32. The van der Waals surface area contributed by atoms with Crippen LogP contribution in [0, 0.1) is 29.4 Å². The molecule has 2 aliphatic rings. The Hall–Kier alpha value is -2.16. The topological polar surface area (TPSA) is 9.23 Å². The van der Waals surface area contributed by atoms with Crippen LogP contribution in [0.4, 0.5) is 8.78 Å². The molecule has 0 radical (unpaired) electrons. The van der Waals surface area contributed by atoms with Gasteiger partial charge in [-0.3, -0.25) is 0 Å². The number of benzene rings is 2. The minimum Gasteiger partial charge on any atom is -0.490 e. The summed E-state index contributed by atoms with van der Waals surface area (Å²) < 4.78 is 34.9. The summed E-state index contributed by atoms with van der Waals surface area (Å²) in [5.74, 6) is 0.965. The second kappa shape index (κ2) is 16.3. The fraction of sp³-hybridized carbons (Fsp3) is 0.622. The Kier molecular flexibility index (Phi) is 12.6. The first-order valence-electron chi connectivity index (χ1n) is 16.4. The van der Waals surface area contributed by atoms with Crippen molar-refractivity contribution in [1.82, 2.24) is 0 Å². The van der Waals surface area contributed by atoms with Crippen molar-refractivity contribution in [2.75, 3.05) is 6.61 Å². The zero-order valence-corrected chi connectivity index (χ0v) is 25.1. The van der Waals surface area contributed by atoms with Gasteiger partial charge in [-0.25, -0.2) is 4.39 Å². The standard InChI is InChI=1S/C37H52F2O/c1-3-5-7-10-28-13-15-29(16-14-28)11-8-9-12-30-17-19-31(20-18-30)32-21-23-33(24-22-32)34-25-26-35(37(39)36(34)38)40-27-6-4-2/h9,12-16,25-26,30-33H,3-8,10-11,17-24,27H2,1-2H3/b12-9+. The van der Waals surface area contributed by atoms with Gasteiger partial charge in [0, 0.05) is 0 Å². The number of aryl methyl sites for hydroxylation is 2. The molecule has 0 bridgehead atoms. The zero-order chi connectivity index (χ0) is 28.2. The molecule has 0 spiro atoms. The number of ether oxygens (including phenoxy) is 1. The van der Waals surface area contributed by atoms with E-state index in [0.717, 1.165) is 69.1 Å². The molecule has 0 N–H and O–H groups in total. The second-order valence-electron chi connectivity index (χ2n) is 12.5. The minimum atomic E-state index is -0.808. The first-order valence-corrected chi connectivity index (χ1v) is 16.4. The summed E-state index contributed by atoms with van der Waals surface area (Å²) >= 11 is 0. The molecule has 2 saturated carbocycles. The molecule has 0 saturated heterocycles. The van der Waals surface area contributed by atoms with Gasteiger partial charge in [0.1, 0.15) is 0 Å². The van der Waals surface area contributed by atoms with Crippen LogP contribution < -0.4 is 4.74 Å². The van der Waals surface area contributed by atoms with Crippen LogP contribution in [-0.4, -0.2) is 6.61 Å². The summed E-state index contributed by atoms with van der Waals surface area (Å²) in [6.45, 7) is 4.75. The van der Waals surface area contributed by atoms with Crippen molar-refractivity contribution in [3.8, 4) is 5.75 Å². The first-order chi connectivity index (χ1) is 19.6. The Morgan fingerprint density at radius 2 is 1.32 bits per heavy atom. The maximum atomic E-state index is 14.9. The molecule has 2 fully saturated rings. The molecule has 220 valence electrons. The van der Waals surface area contributed by atoms with Gasteiger partial charge < -0.3 is 4.74 Å². The molecular formula is C37H52F2O. The van der Waals surface area contributed by atoms with Gasteiger partial charge in [-0.15, -0.1) is 0 Å². The first kappa shape index (κ1) is 30.8. The van der Waals surface area contributed by atoms with Crippen molar-refractivity contribution < 1.29 is 13.5 Å². The minimum absolute atomic E-state index is 0.0565. The van der Waals surface area contributed by atoms with Gasteiger partial charge in [0.25, 0.3) is 0 Å². The van der Waals surface area contributed by atoms with Crippen molar-refractivity contribution in [3.63, 3.8) is 0 Å². The average molecular weight is 551 g/mol. The number of hydrogen-bond acceptors (Lipinski definition) is 1. The van der Waals surface area contributed by atoms with E-state index < -0.39 is 11.6 Å². The highest BCUT2D eigenvalue weighted by atomic mass is 19.2. The highest BCUT2D eigenvalue weighted by molar-refractivity contribution is 5.33. The molecule has 0 amide bonds. The molecule has 0 aliphatic heterocycles. The van der Waals surface area contributed by atoms with Gasteiger partial charge in [-0.05, 0) is 130 Å². The fourth-order valence-electron chi connectivity index (χ4n) is 7.00. The summed E-state index contributed by atoms with van der Waals surface area (Å²) in [6, 6.07) is 12.7.